The van der Waals surface area contributed by atoms with E-state index in [1.54, 1.807) is 116 Å². The fourth-order valence-electron chi connectivity index (χ4n) is 18.6. The van der Waals surface area contributed by atoms with Crippen molar-refractivity contribution in [1.82, 2.24) is 123 Å². The molecule has 0 bridgehead atoms. The highest BCUT2D eigenvalue weighted by Crippen LogP contribution is 2.43. The molecule has 2 amide bonds. The van der Waals surface area contributed by atoms with Gasteiger partial charge in [-0.2, -0.15) is 83.4 Å². The van der Waals surface area contributed by atoms with Crippen LogP contribution in [0.2, 0.25) is 5.15 Å². The van der Waals surface area contributed by atoms with Crippen LogP contribution in [0.15, 0.2) is 161 Å². The van der Waals surface area contributed by atoms with Gasteiger partial charge < -0.3 is 52.8 Å². The van der Waals surface area contributed by atoms with E-state index >= 15 is 0 Å². The van der Waals surface area contributed by atoms with E-state index in [1.165, 1.54) is 17.1 Å². The first kappa shape index (κ1) is 104. The van der Waals surface area contributed by atoms with E-state index in [9.17, 15) is 47.0 Å². The van der Waals surface area contributed by atoms with Gasteiger partial charge in [-0.05, 0) is 99.3 Å². The molecule has 146 heavy (non-hydrogen) atoms. The standard InChI is InChI=1S/C27H29N9O2.C22H21N9.C18H20BN5O2.C15H21ClN4O2.C13H8F3N5O3S.C2H6.CH4.ClH/c1-27(2,3)38-26(37)35-14-20-12-34(13-21(20)15-35)24-10-29-23(9-30-24)22-5-17(19-8-31-33(4)11-19)16-36-25(22)18(6-28)7-32-36;1-29-10-18(7-27-29)14-2-19(22-15(3-23)6-28-31(22)13-14)20-8-26-21(9-25-20)30-11-16-4-24-5-17(16)12-30;1-17(2)18(3,4)26-19(25-17)15-6-12(14-9-21-23(5)10-14)11-24-16(15)13(7-20)8-22-24;1-15(2,3)22-14(21)20-8-10-6-19(7-11(10)9-20)13-5-17-12(16)4-18-13;1-20-6-10(5-18-20)8-2-11(24-25(22,23)13(14,15)16)12-9(3-17)4-19-21(12)7-8;1-2;;/h5,7-11,16,20-21H,12-15H2,1-4H3;2,6-10,13,16-17,24H,4-5,11-12H2,1H3;6,8-11H,1-5H3;4-5,10-11H,6-9H2,1-3H3;2,4-7H,1H3;1-2H3;1H4;1H/t20-,21+;16-,17+;;10-,11+;;;;/i;;;;;1D;;. The van der Waals surface area contributed by atoms with Crippen LogP contribution < -0.4 is 29.7 Å². The number of halogens is 5. The van der Waals surface area contributed by atoms with E-state index < -0.39 is 50.9 Å². The zero-order valence-corrected chi connectivity index (χ0v) is 84.5. The van der Waals surface area contributed by atoms with Gasteiger partial charge in [0.1, 0.15) is 69.2 Å². The summed E-state index contributed by atoms with van der Waals surface area (Å²) in [6.45, 7) is 32.2. The predicted molar refractivity (Wildman–Crippen MR) is 540 cm³/mol. The number of hydrogen-bond acceptors (Lipinski definition) is 31. The molecule has 0 unspecified atom stereocenters. The molecular formula is C98H110BCl2F3N32O9S. The molecule has 15 aromatic rings. The summed E-state index contributed by atoms with van der Waals surface area (Å²) in [4.78, 5) is 62.4. The molecule has 15 aromatic heterocycles. The van der Waals surface area contributed by atoms with Gasteiger partial charge in [0.2, 0.25) is 0 Å². The summed E-state index contributed by atoms with van der Waals surface area (Å²) in [7, 11) is 0.775. The SMILES string of the molecule is C.CC(C)(C)OC(=O)N1C[C@@H]2CN(c3cnc(Cl)cn3)C[C@@H]2C1.Cl.Cn1cc(-c2cc(-c3cnc(N4C[C@H]5CN(C(=O)OC(C)(C)C)C[C@H]5C4)cn3)c3c(C#N)cnn3c2)cn1.Cn1cc(-c2cc(-c3cnc(N4C[C@H]5CNC[C@H]5C4)cn3)c3c(C#N)cnn3c2)cn1.Cn1cc(-c2cc(B3OC(C)(C)C(C)(C)O3)c3c(C#N)cnn3c2)cn1.Cn1cc(-c2cc(OS(=O)(=O)C(F)(F)F)c3c(C#N)cnn3c2)cn1.[2H]CC. The third-order valence-electron chi connectivity index (χ3n) is 26.1. The van der Waals surface area contributed by atoms with Gasteiger partial charge in [-0.3, -0.25) is 28.7 Å². The average molecular weight is 2050 g/mol. The lowest BCUT2D eigenvalue weighted by Gasteiger charge is -2.32. The number of nitriles is 4. The normalized spacial score (nSPS) is 18.5. The maximum absolute atomic E-state index is 12.6. The molecule has 48 heteroatoms. The van der Waals surface area contributed by atoms with Crippen molar-refractivity contribution in [2.75, 3.05) is 93.2 Å². The number of alkyl halides is 3. The number of aromatic nitrogens is 22. The molecule has 7 fully saturated rings. The second kappa shape index (κ2) is 41.9. The van der Waals surface area contributed by atoms with E-state index in [-0.39, 0.29) is 43.1 Å². The molecule has 0 saturated carbocycles. The summed E-state index contributed by atoms with van der Waals surface area (Å²) in [5, 5.41) is 75.4. The quantitative estimate of drug-likeness (QED) is 0.0674. The molecule has 7 aliphatic heterocycles. The number of nitrogens with zero attached hydrogens (tertiary/aromatic N) is 31. The van der Waals surface area contributed by atoms with Crippen molar-refractivity contribution in [3.63, 3.8) is 0 Å². The number of aryl methyl sites for hydroxylation is 4. The van der Waals surface area contributed by atoms with Gasteiger partial charge in [0.15, 0.2) is 5.75 Å². The number of nitrogens with one attached hydrogen (secondary N) is 1. The maximum atomic E-state index is 12.6. The Morgan fingerprint density at radius 1 is 0.452 bits per heavy atom. The lowest BCUT2D eigenvalue weighted by atomic mass is 9.77. The Balaban J connectivity index is 0.000000138. The van der Waals surface area contributed by atoms with Crippen molar-refractivity contribution in [3.8, 4) is 97.0 Å². The zero-order valence-electron chi connectivity index (χ0n) is 83.1. The van der Waals surface area contributed by atoms with E-state index in [0.29, 0.717) is 105 Å². The van der Waals surface area contributed by atoms with Gasteiger partial charge >= 0.3 is 34.9 Å². The number of amides is 2. The Morgan fingerprint density at radius 3 is 1.10 bits per heavy atom. The van der Waals surface area contributed by atoms with Crippen LogP contribution in [0.25, 0.3) is 89.1 Å². The van der Waals surface area contributed by atoms with Gasteiger partial charge in [-0.25, -0.2) is 47.6 Å². The number of pyridine rings is 4. The summed E-state index contributed by atoms with van der Waals surface area (Å²) < 4.78 is 108. The Morgan fingerprint density at radius 2 is 0.774 bits per heavy atom. The van der Waals surface area contributed by atoms with Crippen LogP contribution in [0.4, 0.5) is 40.2 Å². The Hall–Kier alpha value is -15.2. The number of carbonyl (C=O) groups excluding carboxylic acids is 2. The minimum Gasteiger partial charge on any atom is -0.444 e. The first-order valence-electron chi connectivity index (χ1n) is 47.0. The largest absolute Gasteiger partial charge is 0.534 e. The minimum absolute atomic E-state index is 0. The Bertz CT molecular complexity index is 7600. The van der Waals surface area contributed by atoms with Gasteiger partial charge in [0.25, 0.3) is 0 Å². The van der Waals surface area contributed by atoms with Crippen LogP contribution in [-0.4, -0.2) is 251 Å². The molecule has 760 valence electrons. The summed E-state index contributed by atoms with van der Waals surface area (Å²) in [5.41, 5.74) is 6.08. The van der Waals surface area contributed by atoms with Crippen molar-refractivity contribution in [2.24, 2.45) is 63.7 Å². The van der Waals surface area contributed by atoms with E-state index in [0.717, 1.165) is 161 Å². The molecule has 1 N–H and O–H groups in total. The van der Waals surface area contributed by atoms with Crippen molar-refractivity contribution >= 4 is 98.4 Å². The summed E-state index contributed by atoms with van der Waals surface area (Å²) in [6.07, 6.45) is 37.2. The lowest BCUT2D eigenvalue weighted by Crippen LogP contribution is -2.41. The highest BCUT2D eigenvalue weighted by molar-refractivity contribution is 7.88. The first-order valence-corrected chi connectivity index (χ1v) is 48.0. The fourth-order valence-corrected chi connectivity index (χ4v) is 19.1. The van der Waals surface area contributed by atoms with Crippen LogP contribution in [0.1, 0.15) is 114 Å². The van der Waals surface area contributed by atoms with Gasteiger partial charge in [-0.1, -0.05) is 38.9 Å². The summed E-state index contributed by atoms with van der Waals surface area (Å²) in [5.74, 6) is 4.98. The number of carbonyl (C=O) groups is 2. The molecule has 7 aliphatic rings. The fraction of sp³-hybridized carbons (Fsp3) is 0.408. The minimum atomic E-state index is -5.91. The molecule has 0 aromatic carbocycles. The second-order valence-corrected chi connectivity index (χ2v) is 40.9. The number of rotatable bonds is 12. The van der Waals surface area contributed by atoms with Crippen LogP contribution in [-0.2, 0) is 57.1 Å². The monoisotopic (exact) mass is 2050 g/mol. The molecule has 0 aliphatic carbocycles. The van der Waals surface area contributed by atoms with E-state index in [1.807, 2.05) is 168 Å². The van der Waals surface area contributed by atoms with Crippen LogP contribution in [0, 0.1) is 80.8 Å². The van der Waals surface area contributed by atoms with Gasteiger partial charge in [0, 0.05) is 242 Å². The van der Waals surface area contributed by atoms with Crippen molar-refractivity contribution < 1.29 is 55.5 Å². The first-order chi connectivity index (χ1) is 68.9. The van der Waals surface area contributed by atoms with Gasteiger partial charge in [-0.15, -0.1) is 12.4 Å². The summed E-state index contributed by atoms with van der Waals surface area (Å²) >= 11 is 5.77. The summed E-state index contributed by atoms with van der Waals surface area (Å²) in [6, 6.07) is 15.5. The number of likely N-dealkylation sites (tertiary alicyclic amines) is 2. The molecule has 6 atom stereocenters. The van der Waals surface area contributed by atoms with Crippen molar-refractivity contribution in [1.29, 1.82) is 21.0 Å². The topological polar surface area (TPSA) is 456 Å². The predicted octanol–water partition coefficient (Wildman–Crippen LogP) is 13.3. The average Bonchev–Trinajstić information content (AvgIpc) is 1.59. The van der Waals surface area contributed by atoms with Crippen molar-refractivity contribution in [3.05, 3.63) is 188 Å². The lowest BCUT2D eigenvalue weighted by molar-refractivity contribution is -0.0499. The van der Waals surface area contributed by atoms with Crippen LogP contribution >= 0.6 is 24.0 Å². The number of hydrogen-bond donors (Lipinski definition) is 1. The number of anilines is 3. The van der Waals surface area contributed by atoms with E-state index in [4.69, 9.17) is 57.0 Å². The molecule has 0 spiro atoms. The molecule has 0 radical (unpaired) electrons. The number of fused-ring (bicyclic) bond motifs is 7. The Kier molecular flexibility index (Phi) is 29.7. The van der Waals surface area contributed by atoms with Crippen LogP contribution in [0.3, 0.4) is 0 Å². The molecule has 22 heterocycles. The van der Waals surface area contributed by atoms with Crippen LogP contribution in [0.5, 0.6) is 5.75 Å². The molecule has 41 nitrogen and oxygen atoms in total. The zero-order chi connectivity index (χ0) is 103. The maximum Gasteiger partial charge on any atom is 0.534 e. The number of ether oxygens (including phenoxy) is 2. The molecule has 22 rings (SSSR count). The highest BCUT2D eigenvalue weighted by atomic mass is 35.5. The molecule has 7 saturated heterocycles. The Labute approximate surface area is 853 Å². The van der Waals surface area contributed by atoms with Crippen molar-refractivity contribution in [2.45, 2.75) is 118 Å². The second-order valence-electron chi connectivity index (χ2n) is 39.0. The van der Waals surface area contributed by atoms with Gasteiger partial charge in [0.05, 0.1) is 143 Å². The third kappa shape index (κ3) is 22.2. The van der Waals surface area contributed by atoms with E-state index in [2.05, 4.69) is 93.2 Å². The highest BCUT2D eigenvalue weighted by Gasteiger charge is 2.54. The molecular weight excluding hydrogens is 1940 g/mol. The third-order valence-corrected chi connectivity index (χ3v) is 27.3. The smallest absolute Gasteiger partial charge is 0.444 e.